The number of methoxy groups -OCH3 is 1. The minimum atomic E-state index is -5.04. The van der Waals surface area contributed by atoms with Gasteiger partial charge in [0, 0.05) is 32.0 Å². The summed E-state index contributed by atoms with van der Waals surface area (Å²) in [7, 11) is 1.39. The monoisotopic (exact) mass is 740 g/mol. The highest BCUT2D eigenvalue weighted by atomic mass is 19.4. The molecular weight excluding hydrogens is 702 g/mol. The van der Waals surface area contributed by atoms with Gasteiger partial charge < -0.3 is 30.0 Å². The van der Waals surface area contributed by atoms with Crippen molar-refractivity contribution in [2.24, 2.45) is 5.73 Å². The third kappa shape index (κ3) is 8.66. The summed E-state index contributed by atoms with van der Waals surface area (Å²) >= 11 is 0. The highest BCUT2D eigenvalue weighted by molar-refractivity contribution is 5.91. The Hall–Kier alpha value is -4.71. The molecule has 0 radical (unpaired) electrons. The fourth-order valence-electron chi connectivity index (χ4n) is 6.30. The van der Waals surface area contributed by atoms with E-state index in [0.717, 1.165) is 0 Å². The van der Waals surface area contributed by atoms with E-state index in [9.17, 15) is 35.9 Å². The summed E-state index contributed by atoms with van der Waals surface area (Å²) < 4.78 is 99.0. The summed E-state index contributed by atoms with van der Waals surface area (Å²) in [6.45, 7) is 3.12. The van der Waals surface area contributed by atoms with Crippen LogP contribution in [0.25, 0.3) is 0 Å². The van der Waals surface area contributed by atoms with E-state index in [2.05, 4.69) is 9.97 Å². The lowest BCUT2D eigenvalue weighted by Gasteiger charge is -2.46. The van der Waals surface area contributed by atoms with Crippen LogP contribution in [0, 0.1) is 0 Å². The fraction of sp³-hybridized carbons (Fsp3) is 0.500. The number of fused-ring (bicyclic) bond motifs is 1. The van der Waals surface area contributed by atoms with Gasteiger partial charge in [0.05, 0.1) is 72.9 Å². The zero-order valence-electron chi connectivity index (χ0n) is 28.4. The Kier molecular flexibility index (Phi) is 11.5. The van der Waals surface area contributed by atoms with Crippen LogP contribution < -0.4 is 20.3 Å². The number of unbranched alkanes of at least 4 members (excludes halogenated alkanes) is 1. The number of ether oxygens (including phenoxy) is 3. The number of morpholine rings is 1. The number of carboxylic acid groups (broad SMARTS) is 1. The molecule has 3 aromatic rings. The van der Waals surface area contributed by atoms with Crippen LogP contribution in [0.5, 0.6) is 5.88 Å². The number of rotatable bonds is 11. The van der Waals surface area contributed by atoms with Gasteiger partial charge in [-0.1, -0.05) is 6.92 Å². The zero-order valence-corrected chi connectivity index (χ0v) is 28.4. The van der Waals surface area contributed by atoms with Crippen LogP contribution in [-0.2, 0) is 33.0 Å². The van der Waals surface area contributed by atoms with Crippen molar-refractivity contribution in [1.29, 1.82) is 0 Å². The van der Waals surface area contributed by atoms with Gasteiger partial charge in [-0.3, -0.25) is 9.69 Å². The first kappa shape index (κ1) is 38.5. The number of pyridine rings is 1. The Labute approximate surface area is 294 Å². The number of benzene rings is 1. The van der Waals surface area contributed by atoms with Crippen LogP contribution in [-0.4, -0.2) is 77.8 Å². The minimum Gasteiger partial charge on any atom is -0.481 e. The van der Waals surface area contributed by atoms with Crippen LogP contribution >= 0.6 is 0 Å². The maximum absolute atomic E-state index is 13.8. The first-order chi connectivity index (χ1) is 24.5. The SMILES string of the molecule is CC[C@]1(N)C[C@H](c2ncc(N3CCOCC3)c(Cc3cc(C(F)(F)F)cc(C(F)(F)F)c3)n2)c2nc(OC)ccc2N1C(=O)OCCCCC(=O)O. The van der Waals surface area contributed by atoms with Crippen molar-refractivity contribution in [3.8, 4) is 5.88 Å². The Bertz CT molecular complexity index is 1740. The molecule has 2 aliphatic rings. The summed E-state index contributed by atoms with van der Waals surface area (Å²) in [5, 5.41) is 8.90. The van der Waals surface area contributed by atoms with Gasteiger partial charge in [-0.15, -0.1) is 0 Å². The summed E-state index contributed by atoms with van der Waals surface area (Å²) in [6.07, 6.45) is -9.07. The molecule has 12 nitrogen and oxygen atoms in total. The van der Waals surface area contributed by atoms with Gasteiger partial charge in [0.1, 0.15) is 11.5 Å². The summed E-state index contributed by atoms with van der Waals surface area (Å²) in [5.74, 6) is -1.47. The molecule has 0 saturated carbocycles. The molecule has 5 rings (SSSR count). The van der Waals surface area contributed by atoms with Gasteiger partial charge in [0.25, 0.3) is 0 Å². The second-order valence-corrected chi connectivity index (χ2v) is 12.5. The summed E-state index contributed by atoms with van der Waals surface area (Å²) in [6, 6.07) is 4.52. The Morgan fingerprint density at radius 1 is 1.02 bits per heavy atom. The lowest BCUT2D eigenvalue weighted by molar-refractivity contribution is -0.143. The lowest BCUT2D eigenvalue weighted by atomic mass is 9.83. The fourth-order valence-corrected chi connectivity index (χ4v) is 6.30. The molecule has 282 valence electrons. The van der Waals surface area contributed by atoms with Gasteiger partial charge >= 0.3 is 24.4 Å². The van der Waals surface area contributed by atoms with E-state index in [4.69, 9.17) is 30.0 Å². The van der Waals surface area contributed by atoms with E-state index < -0.39 is 53.5 Å². The maximum atomic E-state index is 13.8. The molecule has 2 aromatic heterocycles. The number of carbonyl (C=O) groups excluding carboxylic acids is 1. The van der Waals surface area contributed by atoms with Gasteiger partial charge in [-0.05, 0) is 55.5 Å². The van der Waals surface area contributed by atoms with Gasteiger partial charge in [0.15, 0.2) is 0 Å². The van der Waals surface area contributed by atoms with Crippen LogP contribution in [0.1, 0.15) is 78.8 Å². The number of aliphatic carboxylic acids is 1. The number of nitrogens with zero attached hydrogens (tertiary/aromatic N) is 5. The number of alkyl halides is 6. The first-order valence-corrected chi connectivity index (χ1v) is 16.5. The molecule has 2 atom stereocenters. The van der Waals surface area contributed by atoms with Crippen molar-refractivity contribution in [1.82, 2.24) is 15.0 Å². The number of carbonyl (C=O) groups is 2. The van der Waals surface area contributed by atoms with E-state index in [1.807, 2.05) is 4.90 Å². The Morgan fingerprint density at radius 2 is 1.69 bits per heavy atom. The van der Waals surface area contributed by atoms with E-state index in [1.165, 1.54) is 24.3 Å². The van der Waals surface area contributed by atoms with Gasteiger partial charge in [0.2, 0.25) is 5.88 Å². The van der Waals surface area contributed by atoms with Gasteiger partial charge in [-0.2, -0.15) is 26.3 Å². The number of nitrogens with two attached hydrogens (primary N) is 1. The standard InChI is InChI=1S/C34H38F6N6O6/c1-3-32(41)18-23(29-25(7-8-27(44-29)50-2)46(32)31(49)52-11-5-4-6-28(47)48)30-42-19-26(45-9-12-51-13-10-45)24(43-30)16-20-14-21(33(35,36)37)17-22(15-20)34(38,39)40/h7-8,14-15,17,19,23H,3-6,9-13,16,18,41H2,1-2H3,(H,47,48)/t23-,32+/m0/s1. The van der Waals surface area contributed by atoms with Crippen molar-refractivity contribution < 1.29 is 55.2 Å². The van der Waals surface area contributed by atoms with E-state index in [-0.39, 0.29) is 66.3 Å². The first-order valence-electron chi connectivity index (χ1n) is 16.5. The topological polar surface area (TPSA) is 153 Å². The molecule has 4 heterocycles. The van der Waals surface area contributed by atoms with Crippen molar-refractivity contribution in [3.05, 3.63) is 70.4 Å². The van der Waals surface area contributed by atoms with Crippen LogP contribution in [0.2, 0.25) is 0 Å². The molecule has 18 heteroatoms. The summed E-state index contributed by atoms with van der Waals surface area (Å²) in [4.78, 5) is 41.6. The molecule has 0 aliphatic carbocycles. The largest absolute Gasteiger partial charge is 0.481 e. The molecule has 2 aliphatic heterocycles. The molecule has 1 amide bonds. The second-order valence-electron chi connectivity index (χ2n) is 12.5. The molecule has 1 aromatic carbocycles. The van der Waals surface area contributed by atoms with E-state index in [0.29, 0.717) is 57.0 Å². The number of halogens is 6. The van der Waals surface area contributed by atoms with Crippen LogP contribution in [0.15, 0.2) is 36.5 Å². The molecule has 1 saturated heterocycles. The summed E-state index contributed by atoms with van der Waals surface area (Å²) in [5.41, 5.74) is 3.49. The van der Waals surface area contributed by atoms with Gasteiger partial charge in [-0.25, -0.2) is 19.7 Å². The smallest absolute Gasteiger partial charge is 0.416 e. The molecule has 0 bridgehead atoms. The van der Waals surface area contributed by atoms with E-state index in [1.54, 1.807) is 13.0 Å². The normalized spacial score (nSPS) is 19.3. The van der Waals surface area contributed by atoms with Crippen molar-refractivity contribution in [3.63, 3.8) is 0 Å². The third-order valence-electron chi connectivity index (χ3n) is 9.01. The van der Waals surface area contributed by atoms with Crippen molar-refractivity contribution >= 4 is 23.4 Å². The number of hydrogen-bond donors (Lipinski definition) is 2. The molecule has 0 spiro atoms. The predicted molar refractivity (Wildman–Crippen MR) is 174 cm³/mol. The Morgan fingerprint density at radius 3 is 2.29 bits per heavy atom. The third-order valence-corrected chi connectivity index (χ3v) is 9.01. The minimum absolute atomic E-state index is 0.00288. The number of hydrogen-bond acceptors (Lipinski definition) is 10. The number of aromatic nitrogens is 3. The Balaban J connectivity index is 1.59. The average molecular weight is 741 g/mol. The number of anilines is 2. The predicted octanol–water partition coefficient (Wildman–Crippen LogP) is 6.14. The zero-order chi connectivity index (χ0) is 37.8. The van der Waals surface area contributed by atoms with Crippen LogP contribution in [0.3, 0.4) is 0 Å². The molecule has 3 N–H and O–H groups in total. The highest BCUT2D eigenvalue weighted by Crippen LogP contribution is 2.46. The molecular formula is C34H38F6N6O6. The van der Waals surface area contributed by atoms with Crippen molar-refractivity contribution in [2.75, 3.05) is 49.8 Å². The highest BCUT2D eigenvalue weighted by Gasteiger charge is 2.47. The number of carboxylic acids is 1. The second kappa shape index (κ2) is 15.5. The number of amides is 1. The van der Waals surface area contributed by atoms with Crippen LogP contribution in [0.4, 0.5) is 42.5 Å². The van der Waals surface area contributed by atoms with Crippen molar-refractivity contribution in [2.45, 2.75) is 69.4 Å². The molecule has 0 unspecified atom stereocenters. The molecule has 1 fully saturated rings. The molecule has 52 heavy (non-hydrogen) atoms. The van der Waals surface area contributed by atoms with E-state index >= 15 is 0 Å². The maximum Gasteiger partial charge on any atom is 0.416 e. The average Bonchev–Trinajstić information content (AvgIpc) is 3.10. The quantitative estimate of drug-likeness (QED) is 0.172. The lowest BCUT2D eigenvalue weighted by Crippen LogP contribution is -2.61.